The van der Waals surface area contributed by atoms with Crippen LogP contribution in [0, 0.1) is 16.0 Å². The van der Waals surface area contributed by atoms with E-state index in [-0.39, 0.29) is 23.6 Å². The average Bonchev–Trinajstić information content (AvgIpc) is 2.88. The van der Waals surface area contributed by atoms with Crippen LogP contribution in [0.2, 0.25) is 0 Å². The SMILES string of the molecule is CCOC(=O)C1CNNC1c1ccc([N+](=O)[O-])cc1. The molecule has 1 fully saturated rings. The number of carbonyl (C=O) groups excluding carboxylic acids is 1. The van der Waals surface area contributed by atoms with Crippen LogP contribution >= 0.6 is 0 Å². The predicted octanol–water partition coefficient (Wildman–Crippen LogP) is 0.923. The molecule has 7 nitrogen and oxygen atoms in total. The van der Waals surface area contributed by atoms with Crippen LogP contribution in [-0.4, -0.2) is 24.0 Å². The lowest BCUT2D eigenvalue weighted by Crippen LogP contribution is -2.27. The highest BCUT2D eigenvalue weighted by Crippen LogP contribution is 2.27. The van der Waals surface area contributed by atoms with Crippen molar-refractivity contribution in [2.45, 2.75) is 13.0 Å². The molecular weight excluding hydrogens is 250 g/mol. The summed E-state index contributed by atoms with van der Waals surface area (Å²) in [6.45, 7) is 2.57. The van der Waals surface area contributed by atoms with E-state index >= 15 is 0 Å². The second-order valence-electron chi connectivity index (χ2n) is 4.21. The first kappa shape index (κ1) is 13.4. The number of hydrogen-bond acceptors (Lipinski definition) is 6. The zero-order chi connectivity index (χ0) is 13.8. The van der Waals surface area contributed by atoms with Crippen molar-refractivity contribution < 1.29 is 14.5 Å². The van der Waals surface area contributed by atoms with Gasteiger partial charge in [-0.05, 0) is 12.5 Å². The van der Waals surface area contributed by atoms with Crippen molar-refractivity contribution in [3.63, 3.8) is 0 Å². The molecule has 0 aromatic heterocycles. The Morgan fingerprint density at radius 3 is 2.74 bits per heavy atom. The van der Waals surface area contributed by atoms with Gasteiger partial charge in [-0.3, -0.25) is 20.3 Å². The van der Waals surface area contributed by atoms with Gasteiger partial charge in [0.25, 0.3) is 5.69 Å². The van der Waals surface area contributed by atoms with Crippen LogP contribution in [0.3, 0.4) is 0 Å². The summed E-state index contributed by atoms with van der Waals surface area (Å²) in [5.41, 5.74) is 6.75. The number of nitro benzene ring substituents is 1. The van der Waals surface area contributed by atoms with Crippen LogP contribution in [0.15, 0.2) is 24.3 Å². The van der Waals surface area contributed by atoms with Crippen molar-refractivity contribution in [3.8, 4) is 0 Å². The van der Waals surface area contributed by atoms with E-state index in [4.69, 9.17) is 4.74 Å². The number of ether oxygens (including phenoxy) is 1. The Morgan fingerprint density at radius 2 is 2.16 bits per heavy atom. The van der Waals surface area contributed by atoms with Crippen molar-refractivity contribution in [1.29, 1.82) is 0 Å². The number of rotatable bonds is 4. The zero-order valence-corrected chi connectivity index (χ0v) is 10.5. The third-order valence-corrected chi connectivity index (χ3v) is 3.03. The monoisotopic (exact) mass is 265 g/mol. The molecule has 102 valence electrons. The molecule has 0 saturated carbocycles. The summed E-state index contributed by atoms with van der Waals surface area (Å²) >= 11 is 0. The standard InChI is InChI=1S/C12H15N3O4/c1-2-19-12(16)10-7-13-14-11(10)8-3-5-9(6-4-8)15(17)18/h3-6,10-11,13-14H,2,7H2,1H3. The number of nitrogens with one attached hydrogen (secondary N) is 2. The Kier molecular flexibility index (Phi) is 4.08. The van der Waals surface area contributed by atoms with Gasteiger partial charge in [0.05, 0.1) is 23.5 Å². The molecule has 1 heterocycles. The Labute approximate surface area is 110 Å². The maximum Gasteiger partial charge on any atom is 0.312 e. The number of esters is 1. The third-order valence-electron chi connectivity index (χ3n) is 3.03. The van der Waals surface area contributed by atoms with Gasteiger partial charge in [-0.1, -0.05) is 12.1 Å². The Hall–Kier alpha value is -1.99. The molecule has 1 aromatic rings. The molecule has 0 amide bonds. The lowest BCUT2D eigenvalue weighted by atomic mass is 9.95. The first-order valence-electron chi connectivity index (χ1n) is 6.03. The van der Waals surface area contributed by atoms with Gasteiger partial charge in [0, 0.05) is 18.7 Å². The minimum absolute atomic E-state index is 0.0300. The fourth-order valence-corrected chi connectivity index (χ4v) is 2.09. The highest BCUT2D eigenvalue weighted by Gasteiger charge is 2.35. The van der Waals surface area contributed by atoms with E-state index in [1.807, 2.05) is 0 Å². The fraction of sp³-hybridized carbons (Fsp3) is 0.417. The number of carbonyl (C=O) groups is 1. The summed E-state index contributed by atoms with van der Waals surface area (Å²) in [7, 11) is 0. The van der Waals surface area contributed by atoms with E-state index in [0.29, 0.717) is 13.2 Å². The topological polar surface area (TPSA) is 93.5 Å². The van der Waals surface area contributed by atoms with Gasteiger partial charge in [0.1, 0.15) is 0 Å². The molecule has 2 N–H and O–H groups in total. The van der Waals surface area contributed by atoms with Gasteiger partial charge in [0.2, 0.25) is 0 Å². The molecule has 0 spiro atoms. The van der Waals surface area contributed by atoms with E-state index in [2.05, 4.69) is 10.9 Å². The van der Waals surface area contributed by atoms with Crippen molar-refractivity contribution in [1.82, 2.24) is 10.9 Å². The van der Waals surface area contributed by atoms with Crippen LogP contribution in [0.1, 0.15) is 18.5 Å². The molecule has 7 heteroatoms. The van der Waals surface area contributed by atoms with E-state index < -0.39 is 4.92 Å². The minimum atomic E-state index is -0.451. The number of benzene rings is 1. The second kappa shape index (κ2) is 5.77. The molecular formula is C12H15N3O4. The molecule has 0 radical (unpaired) electrons. The Morgan fingerprint density at radius 1 is 1.47 bits per heavy atom. The van der Waals surface area contributed by atoms with E-state index in [1.54, 1.807) is 19.1 Å². The van der Waals surface area contributed by atoms with Crippen LogP contribution in [0.5, 0.6) is 0 Å². The van der Waals surface area contributed by atoms with Gasteiger partial charge in [0.15, 0.2) is 0 Å². The van der Waals surface area contributed by atoms with Crippen molar-refractivity contribution >= 4 is 11.7 Å². The lowest BCUT2D eigenvalue weighted by molar-refractivity contribution is -0.384. The molecule has 2 atom stereocenters. The van der Waals surface area contributed by atoms with Crippen LogP contribution in [0.25, 0.3) is 0 Å². The van der Waals surface area contributed by atoms with Crippen LogP contribution < -0.4 is 10.9 Å². The summed E-state index contributed by atoms with van der Waals surface area (Å²) in [5, 5.41) is 10.6. The molecule has 0 bridgehead atoms. The van der Waals surface area contributed by atoms with E-state index in [1.165, 1.54) is 12.1 Å². The minimum Gasteiger partial charge on any atom is -0.466 e. The molecule has 2 rings (SSSR count). The third kappa shape index (κ3) is 2.88. The summed E-state index contributed by atoms with van der Waals surface area (Å²) in [6.07, 6.45) is 0. The quantitative estimate of drug-likeness (QED) is 0.477. The van der Waals surface area contributed by atoms with Gasteiger partial charge in [-0.2, -0.15) is 0 Å². The highest BCUT2D eigenvalue weighted by molar-refractivity contribution is 5.74. The molecule has 1 aliphatic heterocycles. The molecule has 19 heavy (non-hydrogen) atoms. The molecule has 1 aromatic carbocycles. The Bertz CT molecular complexity index is 474. The number of nitro groups is 1. The van der Waals surface area contributed by atoms with Crippen molar-refractivity contribution in [2.75, 3.05) is 13.2 Å². The summed E-state index contributed by atoms with van der Waals surface area (Å²) in [4.78, 5) is 21.9. The van der Waals surface area contributed by atoms with E-state index in [0.717, 1.165) is 5.56 Å². The smallest absolute Gasteiger partial charge is 0.312 e. The first-order valence-corrected chi connectivity index (χ1v) is 6.03. The second-order valence-corrected chi connectivity index (χ2v) is 4.21. The van der Waals surface area contributed by atoms with Gasteiger partial charge in [-0.25, -0.2) is 5.43 Å². The fourth-order valence-electron chi connectivity index (χ4n) is 2.09. The van der Waals surface area contributed by atoms with Gasteiger partial charge < -0.3 is 4.74 Å². The Balaban J connectivity index is 2.15. The number of hydrogen-bond donors (Lipinski definition) is 2. The summed E-state index contributed by atoms with van der Waals surface area (Å²) in [6, 6.07) is 5.92. The first-order chi connectivity index (χ1) is 9.13. The van der Waals surface area contributed by atoms with Crippen LogP contribution in [0.4, 0.5) is 5.69 Å². The van der Waals surface area contributed by atoms with Crippen molar-refractivity contribution in [2.24, 2.45) is 5.92 Å². The predicted molar refractivity (Wildman–Crippen MR) is 67.1 cm³/mol. The number of hydrazine groups is 1. The van der Waals surface area contributed by atoms with Crippen LogP contribution in [-0.2, 0) is 9.53 Å². The van der Waals surface area contributed by atoms with Gasteiger partial charge >= 0.3 is 5.97 Å². The zero-order valence-electron chi connectivity index (χ0n) is 10.5. The molecule has 2 unspecified atom stereocenters. The largest absolute Gasteiger partial charge is 0.466 e. The number of non-ortho nitro benzene ring substituents is 1. The maximum atomic E-state index is 11.8. The normalized spacial score (nSPS) is 22.2. The average molecular weight is 265 g/mol. The van der Waals surface area contributed by atoms with E-state index in [9.17, 15) is 14.9 Å². The maximum absolute atomic E-state index is 11.8. The molecule has 1 aliphatic rings. The molecule has 1 saturated heterocycles. The lowest BCUT2D eigenvalue weighted by Gasteiger charge is -2.17. The summed E-state index contributed by atoms with van der Waals surface area (Å²) in [5.74, 6) is -0.607. The number of nitrogens with zero attached hydrogens (tertiary/aromatic N) is 1. The summed E-state index contributed by atoms with van der Waals surface area (Å²) < 4.78 is 5.01. The van der Waals surface area contributed by atoms with Crippen molar-refractivity contribution in [3.05, 3.63) is 39.9 Å². The van der Waals surface area contributed by atoms with Gasteiger partial charge in [-0.15, -0.1) is 0 Å². The highest BCUT2D eigenvalue weighted by atomic mass is 16.6. The molecule has 0 aliphatic carbocycles.